The zero-order chi connectivity index (χ0) is 16.4. The van der Waals surface area contributed by atoms with Crippen molar-refractivity contribution >= 4 is 33.9 Å². The molecule has 0 aliphatic rings. The molecule has 0 saturated heterocycles. The number of rotatable bonds is 3. The van der Waals surface area contributed by atoms with Gasteiger partial charge in [0.1, 0.15) is 0 Å². The van der Waals surface area contributed by atoms with E-state index in [-0.39, 0.29) is 11.0 Å². The number of nitrogens with zero attached hydrogens (tertiary/aromatic N) is 3. The molecule has 2 aromatic carbocycles. The van der Waals surface area contributed by atoms with Gasteiger partial charge in [0.25, 0.3) is 0 Å². The summed E-state index contributed by atoms with van der Waals surface area (Å²) in [6.45, 7) is 2.58. The quantitative estimate of drug-likeness (QED) is 0.564. The van der Waals surface area contributed by atoms with Gasteiger partial charge in [0.15, 0.2) is 5.69 Å². The van der Waals surface area contributed by atoms with E-state index >= 15 is 0 Å². The van der Waals surface area contributed by atoms with Gasteiger partial charge < -0.3 is 15.4 Å². The summed E-state index contributed by atoms with van der Waals surface area (Å²) >= 11 is 4.71. The van der Waals surface area contributed by atoms with Crippen LogP contribution >= 0.6 is 12.2 Å². The van der Waals surface area contributed by atoms with Crippen LogP contribution in [-0.2, 0) is 6.54 Å². The zero-order valence-electron chi connectivity index (χ0n) is 12.6. The van der Waals surface area contributed by atoms with Crippen molar-refractivity contribution in [2.45, 2.75) is 13.5 Å². The lowest BCUT2D eigenvalue weighted by atomic mass is 10.1. The fraction of sp³-hybridized carbons (Fsp3) is 0.118. The van der Waals surface area contributed by atoms with E-state index < -0.39 is 0 Å². The molecule has 23 heavy (non-hydrogen) atoms. The van der Waals surface area contributed by atoms with Crippen LogP contribution in [0.4, 0.5) is 5.69 Å². The molecule has 116 valence electrons. The van der Waals surface area contributed by atoms with E-state index in [1.807, 2.05) is 55.5 Å². The first kappa shape index (κ1) is 15.2. The van der Waals surface area contributed by atoms with Gasteiger partial charge in [-0.2, -0.15) is 0 Å². The van der Waals surface area contributed by atoms with E-state index in [0.717, 1.165) is 16.5 Å². The highest BCUT2D eigenvalue weighted by atomic mass is 32.1. The predicted octanol–water partition coefficient (Wildman–Crippen LogP) is 4.03. The largest absolute Gasteiger partial charge is 0.493 e. The molecule has 3 N–H and O–H groups in total. The Morgan fingerprint density at radius 3 is 2.57 bits per heavy atom. The first-order chi connectivity index (χ1) is 11.1. The summed E-state index contributed by atoms with van der Waals surface area (Å²) in [7, 11) is 0. The van der Waals surface area contributed by atoms with Gasteiger partial charge in [-0.1, -0.05) is 48.0 Å². The van der Waals surface area contributed by atoms with E-state index in [2.05, 4.69) is 10.2 Å². The van der Waals surface area contributed by atoms with E-state index in [9.17, 15) is 5.11 Å². The lowest BCUT2D eigenvalue weighted by Crippen LogP contribution is -2.01. The molecule has 3 rings (SSSR count). The monoisotopic (exact) mass is 324 g/mol. The van der Waals surface area contributed by atoms with Crippen LogP contribution in [0, 0.1) is 6.92 Å². The Bertz CT molecular complexity index is 897. The molecule has 0 saturated carbocycles. The second-order valence-electron chi connectivity index (χ2n) is 5.30. The summed E-state index contributed by atoms with van der Waals surface area (Å²) < 4.78 is 1.80. The normalized spacial score (nSPS) is 11.3. The van der Waals surface area contributed by atoms with Gasteiger partial charge in [0.05, 0.1) is 12.1 Å². The first-order valence-electron chi connectivity index (χ1n) is 7.13. The van der Waals surface area contributed by atoms with Gasteiger partial charge in [0.2, 0.25) is 11.0 Å². The Balaban J connectivity index is 2.11. The van der Waals surface area contributed by atoms with Crippen LogP contribution in [0.15, 0.2) is 58.8 Å². The molecule has 0 amide bonds. The molecule has 0 radical (unpaired) electrons. The summed E-state index contributed by atoms with van der Waals surface area (Å²) in [5.74, 6) is 0.0479. The Hall–Kier alpha value is -2.73. The number of azo groups is 1. The van der Waals surface area contributed by atoms with Crippen molar-refractivity contribution in [2.24, 2.45) is 16.0 Å². The molecule has 1 heterocycles. The number of aromatic nitrogens is 1. The first-order valence-corrected chi connectivity index (χ1v) is 7.54. The summed E-state index contributed by atoms with van der Waals surface area (Å²) in [4.78, 5) is 0. The number of hydrogen-bond acceptors (Lipinski definition) is 3. The van der Waals surface area contributed by atoms with Gasteiger partial charge in [0, 0.05) is 5.39 Å². The third-order valence-corrected chi connectivity index (χ3v) is 3.71. The maximum absolute atomic E-state index is 10.6. The molecule has 0 unspecified atom stereocenters. The molecule has 3 aromatic rings. The molecule has 0 aliphatic heterocycles. The minimum atomic E-state index is -0.0697. The molecule has 0 aliphatic carbocycles. The van der Waals surface area contributed by atoms with Crippen LogP contribution in [0.5, 0.6) is 5.88 Å². The molecule has 0 bridgehead atoms. The van der Waals surface area contributed by atoms with Crippen molar-refractivity contribution in [1.82, 2.24) is 4.57 Å². The Morgan fingerprint density at radius 2 is 1.87 bits per heavy atom. The molecule has 0 fully saturated rings. The van der Waals surface area contributed by atoms with Crippen LogP contribution < -0.4 is 5.73 Å². The van der Waals surface area contributed by atoms with Gasteiger partial charge >= 0.3 is 0 Å². The number of aromatic hydroxyl groups is 1. The smallest absolute Gasteiger partial charge is 0.221 e. The molecule has 1 aromatic heterocycles. The highest BCUT2D eigenvalue weighted by Crippen LogP contribution is 2.39. The van der Waals surface area contributed by atoms with Gasteiger partial charge in [-0.25, -0.2) is 0 Å². The Kier molecular flexibility index (Phi) is 4.08. The van der Waals surface area contributed by atoms with Crippen LogP contribution in [0.2, 0.25) is 0 Å². The molecular formula is C17H16N4OS. The van der Waals surface area contributed by atoms with Gasteiger partial charge in [-0.15, -0.1) is 10.2 Å². The van der Waals surface area contributed by atoms with Crippen LogP contribution in [0.3, 0.4) is 0 Å². The number of para-hydroxylation sites is 1. The van der Waals surface area contributed by atoms with E-state index in [4.69, 9.17) is 18.0 Å². The molecule has 6 heteroatoms. The summed E-state index contributed by atoms with van der Waals surface area (Å²) in [6, 6.07) is 15.8. The topological polar surface area (TPSA) is 75.9 Å². The number of thiocarbonyl (C=S) groups is 1. The SMILES string of the molecule is Cc1ccc(Cn2c(O)c(N=NC(N)=S)c3ccccc32)cc1. The fourth-order valence-corrected chi connectivity index (χ4v) is 2.55. The molecule has 0 spiro atoms. The number of hydrogen-bond donors (Lipinski definition) is 2. The van der Waals surface area contributed by atoms with Crippen molar-refractivity contribution in [3.63, 3.8) is 0 Å². The molecular weight excluding hydrogens is 308 g/mol. The maximum atomic E-state index is 10.6. The highest BCUT2D eigenvalue weighted by Gasteiger charge is 2.16. The van der Waals surface area contributed by atoms with Crippen molar-refractivity contribution < 1.29 is 5.11 Å². The Morgan fingerprint density at radius 1 is 1.17 bits per heavy atom. The summed E-state index contributed by atoms with van der Waals surface area (Å²) in [6.07, 6.45) is 0. The zero-order valence-corrected chi connectivity index (χ0v) is 13.4. The summed E-state index contributed by atoms with van der Waals surface area (Å²) in [5.41, 5.74) is 8.90. The minimum Gasteiger partial charge on any atom is -0.493 e. The second kappa shape index (κ2) is 6.18. The van der Waals surface area contributed by atoms with E-state index in [1.54, 1.807) is 4.57 Å². The van der Waals surface area contributed by atoms with Gasteiger partial charge in [-0.3, -0.25) is 0 Å². The van der Waals surface area contributed by atoms with Crippen molar-refractivity contribution in [2.75, 3.05) is 0 Å². The minimum absolute atomic E-state index is 0.0479. The average Bonchev–Trinajstić information content (AvgIpc) is 2.80. The third-order valence-electron chi connectivity index (χ3n) is 3.63. The maximum Gasteiger partial charge on any atom is 0.221 e. The highest BCUT2D eigenvalue weighted by molar-refractivity contribution is 7.80. The summed E-state index contributed by atoms with van der Waals surface area (Å²) in [5, 5.41) is 19.0. The van der Waals surface area contributed by atoms with Crippen molar-refractivity contribution in [1.29, 1.82) is 0 Å². The molecule has 5 nitrogen and oxygen atoms in total. The number of fused-ring (bicyclic) bond motifs is 1. The predicted molar refractivity (Wildman–Crippen MR) is 95.2 cm³/mol. The van der Waals surface area contributed by atoms with Crippen LogP contribution in [0.25, 0.3) is 10.9 Å². The van der Waals surface area contributed by atoms with Gasteiger partial charge in [-0.05, 0) is 30.8 Å². The lowest BCUT2D eigenvalue weighted by Gasteiger charge is -2.07. The fourth-order valence-electron chi connectivity index (χ4n) is 2.51. The lowest BCUT2D eigenvalue weighted by molar-refractivity contribution is 0.429. The van der Waals surface area contributed by atoms with Crippen molar-refractivity contribution in [3.05, 3.63) is 59.7 Å². The van der Waals surface area contributed by atoms with Crippen LogP contribution in [0.1, 0.15) is 11.1 Å². The van der Waals surface area contributed by atoms with Crippen molar-refractivity contribution in [3.8, 4) is 5.88 Å². The average molecular weight is 324 g/mol. The number of aryl methyl sites for hydroxylation is 1. The standard InChI is InChI=1S/C17H16N4OS/c1-11-6-8-12(9-7-11)10-21-14-5-3-2-4-13(14)15(16(21)22)19-20-17(18)23/h2-9,22H,10H2,1H3,(H2,18,23). The second-order valence-corrected chi connectivity index (χ2v) is 5.72. The van der Waals surface area contributed by atoms with Crippen LogP contribution in [-0.4, -0.2) is 14.8 Å². The molecule has 0 atom stereocenters. The number of benzene rings is 2. The van der Waals surface area contributed by atoms with E-state index in [1.165, 1.54) is 5.56 Å². The third kappa shape index (κ3) is 3.07. The van der Waals surface area contributed by atoms with E-state index in [0.29, 0.717) is 12.2 Å². The number of nitrogens with two attached hydrogens (primary N) is 1. The Labute approximate surface area is 139 Å².